The van der Waals surface area contributed by atoms with E-state index in [4.69, 9.17) is 5.73 Å². The average molecular weight is 292 g/mol. The van der Waals surface area contributed by atoms with E-state index in [1.54, 1.807) is 18.5 Å². The molecule has 0 unspecified atom stereocenters. The van der Waals surface area contributed by atoms with Crippen molar-refractivity contribution < 1.29 is 0 Å². The van der Waals surface area contributed by atoms with Gasteiger partial charge in [0, 0.05) is 18.1 Å². The Hall–Kier alpha value is -2.88. The molecular weight excluding hydrogens is 272 g/mol. The Morgan fingerprint density at radius 2 is 1.95 bits per heavy atom. The highest BCUT2D eigenvalue weighted by atomic mass is 15.0. The first-order chi connectivity index (χ1) is 10.5. The number of hydrogen-bond acceptors (Lipinski definition) is 3. The van der Waals surface area contributed by atoms with E-state index in [9.17, 15) is 0 Å². The predicted molar refractivity (Wildman–Crippen MR) is 94.7 cm³/mol. The van der Waals surface area contributed by atoms with E-state index in [1.807, 2.05) is 31.2 Å². The SMILES string of the molecule is C=C(/C=C\N=C(C)Nc1ccc(C)cc1)c1ccc(N)nc1. The fourth-order valence-corrected chi connectivity index (χ4v) is 1.81. The first-order valence-electron chi connectivity index (χ1n) is 7.00. The van der Waals surface area contributed by atoms with Gasteiger partial charge in [0.1, 0.15) is 11.7 Å². The highest BCUT2D eigenvalue weighted by molar-refractivity contribution is 5.94. The number of allylic oxidation sites excluding steroid dienone is 2. The number of nitrogens with two attached hydrogens (primary N) is 1. The average Bonchev–Trinajstić information content (AvgIpc) is 2.50. The summed E-state index contributed by atoms with van der Waals surface area (Å²) in [5.74, 6) is 1.31. The van der Waals surface area contributed by atoms with Crippen molar-refractivity contribution in [1.82, 2.24) is 4.98 Å². The molecule has 1 heterocycles. The van der Waals surface area contributed by atoms with Crippen molar-refractivity contribution in [2.45, 2.75) is 13.8 Å². The second kappa shape index (κ2) is 7.22. The summed E-state index contributed by atoms with van der Waals surface area (Å²) in [6.45, 7) is 7.96. The normalized spacial score (nSPS) is 11.6. The van der Waals surface area contributed by atoms with Crippen molar-refractivity contribution in [1.29, 1.82) is 0 Å². The smallest absolute Gasteiger partial charge is 0.123 e. The third-order valence-electron chi connectivity index (χ3n) is 3.08. The minimum Gasteiger partial charge on any atom is -0.384 e. The topological polar surface area (TPSA) is 63.3 Å². The number of pyridine rings is 1. The van der Waals surface area contributed by atoms with Gasteiger partial charge >= 0.3 is 0 Å². The number of aliphatic imine (C=N–C) groups is 1. The number of aromatic nitrogens is 1. The number of nitrogens with zero attached hydrogens (tertiary/aromatic N) is 2. The highest BCUT2D eigenvalue weighted by Gasteiger charge is 1.96. The van der Waals surface area contributed by atoms with Crippen LogP contribution >= 0.6 is 0 Å². The lowest BCUT2D eigenvalue weighted by Crippen LogP contribution is -2.06. The van der Waals surface area contributed by atoms with Crippen LogP contribution in [0.15, 0.2) is 66.4 Å². The molecule has 112 valence electrons. The lowest BCUT2D eigenvalue weighted by molar-refractivity contribution is 1.32. The van der Waals surface area contributed by atoms with Gasteiger partial charge < -0.3 is 11.1 Å². The summed E-state index contributed by atoms with van der Waals surface area (Å²) in [4.78, 5) is 8.39. The first-order valence-corrected chi connectivity index (χ1v) is 7.00. The van der Waals surface area contributed by atoms with Crippen LogP contribution < -0.4 is 11.1 Å². The molecule has 0 spiro atoms. The van der Waals surface area contributed by atoms with Gasteiger partial charge in [0.2, 0.25) is 0 Å². The molecule has 0 bridgehead atoms. The van der Waals surface area contributed by atoms with Crippen molar-refractivity contribution in [2.75, 3.05) is 11.1 Å². The molecule has 4 nitrogen and oxygen atoms in total. The molecule has 1 aromatic heterocycles. The second-order valence-corrected chi connectivity index (χ2v) is 5.02. The molecule has 3 N–H and O–H groups in total. The minimum atomic E-state index is 0.497. The quantitative estimate of drug-likeness (QED) is 0.508. The number of nitrogen functional groups attached to an aromatic ring is 1. The van der Waals surface area contributed by atoms with Gasteiger partial charge in [-0.1, -0.05) is 24.3 Å². The molecule has 0 amide bonds. The number of amidine groups is 1. The van der Waals surface area contributed by atoms with Gasteiger partial charge in [-0.05, 0) is 55.3 Å². The lowest BCUT2D eigenvalue weighted by Gasteiger charge is -2.05. The monoisotopic (exact) mass is 292 g/mol. The van der Waals surface area contributed by atoms with E-state index in [2.05, 4.69) is 40.9 Å². The first kappa shape index (κ1) is 15.5. The van der Waals surface area contributed by atoms with Crippen LogP contribution in [0.5, 0.6) is 0 Å². The fourth-order valence-electron chi connectivity index (χ4n) is 1.81. The van der Waals surface area contributed by atoms with Gasteiger partial charge in [-0.25, -0.2) is 9.98 Å². The number of hydrogen-bond donors (Lipinski definition) is 2. The molecule has 0 radical (unpaired) electrons. The molecular formula is C18H20N4. The fraction of sp³-hybridized carbons (Fsp3) is 0.111. The summed E-state index contributed by atoms with van der Waals surface area (Å²) in [6, 6.07) is 11.8. The maximum atomic E-state index is 5.56. The number of aryl methyl sites for hydroxylation is 1. The van der Waals surface area contributed by atoms with Crippen molar-refractivity contribution in [3.05, 3.63) is 72.6 Å². The van der Waals surface area contributed by atoms with Gasteiger partial charge in [-0.15, -0.1) is 0 Å². The predicted octanol–water partition coefficient (Wildman–Crippen LogP) is 4.03. The van der Waals surface area contributed by atoms with E-state index in [0.717, 1.165) is 22.7 Å². The van der Waals surface area contributed by atoms with E-state index >= 15 is 0 Å². The van der Waals surface area contributed by atoms with Crippen LogP contribution in [0.25, 0.3) is 5.57 Å². The maximum Gasteiger partial charge on any atom is 0.123 e. The van der Waals surface area contributed by atoms with E-state index in [-0.39, 0.29) is 0 Å². The molecule has 0 aliphatic carbocycles. The Morgan fingerprint density at radius 3 is 2.59 bits per heavy atom. The third kappa shape index (κ3) is 4.59. The van der Waals surface area contributed by atoms with Crippen LogP contribution in [0.3, 0.4) is 0 Å². The standard InChI is InChI=1S/C18H20N4/c1-13-4-7-17(8-5-13)22-15(3)20-11-10-14(2)16-6-9-18(19)21-12-16/h4-12H,2H2,1,3H3,(H2,19,21)(H,20,22)/b11-10-. The zero-order valence-electron chi connectivity index (χ0n) is 12.9. The van der Waals surface area contributed by atoms with Crippen molar-refractivity contribution in [2.24, 2.45) is 4.99 Å². The van der Waals surface area contributed by atoms with Crippen molar-refractivity contribution >= 4 is 22.9 Å². The molecule has 2 rings (SSSR count). The molecule has 0 aliphatic heterocycles. The van der Waals surface area contributed by atoms with Gasteiger partial charge in [0.05, 0.1) is 0 Å². The Balaban J connectivity index is 1.96. The molecule has 2 aromatic rings. The van der Waals surface area contributed by atoms with Crippen LogP contribution in [0.4, 0.5) is 11.5 Å². The molecule has 1 aromatic carbocycles. The summed E-state index contributed by atoms with van der Waals surface area (Å²) < 4.78 is 0. The second-order valence-electron chi connectivity index (χ2n) is 5.02. The third-order valence-corrected chi connectivity index (χ3v) is 3.08. The lowest BCUT2D eigenvalue weighted by atomic mass is 10.1. The molecule has 0 saturated carbocycles. The van der Waals surface area contributed by atoms with Crippen molar-refractivity contribution in [3.63, 3.8) is 0 Å². The molecule has 22 heavy (non-hydrogen) atoms. The largest absolute Gasteiger partial charge is 0.384 e. The summed E-state index contributed by atoms with van der Waals surface area (Å²) >= 11 is 0. The molecule has 4 heteroatoms. The highest BCUT2D eigenvalue weighted by Crippen LogP contribution is 2.13. The summed E-state index contributed by atoms with van der Waals surface area (Å²) in [7, 11) is 0. The van der Waals surface area contributed by atoms with Crippen molar-refractivity contribution in [3.8, 4) is 0 Å². The van der Waals surface area contributed by atoms with Crippen LogP contribution in [0.1, 0.15) is 18.1 Å². The number of benzene rings is 1. The van der Waals surface area contributed by atoms with E-state index < -0.39 is 0 Å². The van der Waals surface area contributed by atoms with Gasteiger partial charge in [0.15, 0.2) is 0 Å². The molecule has 0 fully saturated rings. The Bertz CT molecular complexity index is 695. The van der Waals surface area contributed by atoms with E-state index in [0.29, 0.717) is 5.82 Å². The van der Waals surface area contributed by atoms with E-state index in [1.165, 1.54) is 5.56 Å². The number of anilines is 2. The van der Waals surface area contributed by atoms with Crippen LogP contribution in [-0.4, -0.2) is 10.8 Å². The summed E-state index contributed by atoms with van der Waals surface area (Å²) in [6.07, 6.45) is 5.26. The summed E-state index contributed by atoms with van der Waals surface area (Å²) in [5.41, 5.74) is 9.56. The Morgan fingerprint density at radius 1 is 1.23 bits per heavy atom. The molecule has 0 atom stereocenters. The number of nitrogens with one attached hydrogen (secondary N) is 1. The number of rotatable bonds is 4. The Labute approximate surface area is 131 Å². The zero-order chi connectivity index (χ0) is 15.9. The van der Waals surface area contributed by atoms with Gasteiger partial charge in [-0.2, -0.15) is 0 Å². The van der Waals surface area contributed by atoms with Gasteiger partial charge in [0.25, 0.3) is 0 Å². The van der Waals surface area contributed by atoms with Gasteiger partial charge in [-0.3, -0.25) is 0 Å². The van der Waals surface area contributed by atoms with Crippen LogP contribution in [-0.2, 0) is 0 Å². The molecule has 0 aliphatic rings. The molecule has 0 saturated heterocycles. The minimum absolute atomic E-state index is 0.497. The Kier molecular flexibility index (Phi) is 5.09. The zero-order valence-corrected chi connectivity index (χ0v) is 12.9. The van der Waals surface area contributed by atoms with Crippen LogP contribution in [0.2, 0.25) is 0 Å². The summed E-state index contributed by atoms with van der Waals surface area (Å²) in [5, 5.41) is 3.23. The maximum absolute atomic E-state index is 5.56. The van der Waals surface area contributed by atoms with Crippen LogP contribution in [0, 0.1) is 6.92 Å².